The van der Waals surface area contributed by atoms with Crippen LogP contribution in [-0.4, -0.2) is 12.6 Å². The maximum atomic E-state index is 11.6. The van der Waals surface area contributed by atoms with Gasteiger partial charge in [-0.05, 0) is 49.1 Å². The zero-order chi connectivity index (χ0) is 15.1. The molecule has 0 amide bonds. The van der Waals surface area contributed by atoms with Gasteiger partial charge < -0.3 is 4.74 Å². The summed E-state index contributed by atoms with van der Waals surface area (Å²) in [4.78, 5) is 11.6. The number of hydrogen-bond donors (Lipinski definition) is 0. The Morgan fingerprint density at radius 3 is 2.48 bits per heavy atom. The third-order valence-electron chi connectivity index (χ3n) is 3.33. The van der Waals surface area contributed by atoms with E-state index in [9.17, 15) is 4.79 Å². The third-order valence-corrected chi connectivity index (χ3v) is 3.33. The van der Waals surface area contributed by atoms with Crippen LogP contribution in [0.3, 0.4) is 0 Å². The summed E-state index contributed by atoms with van der Waals surface area (Å²) < 4.78 is 4.96. The van der Waals surface area contributed by atoms with Gasteiger partial charge in [0.1, 0.15) is 0 Å². The van der Waals surface area contributed by atoms with Crippen molar-refractivity contribution >= 4 is 12.0 Å². The molecule has 0 aromatic heterocycles. The van der Waals surface area contributed by atoms with Gasteiger partial charge in [-0.1, -0.05) is 48.6 Å². The lowest BCUT2D eigenvalue weighted by molar-refractivity contribution is 0.0526. The number of hydrogen-bond acceptors (Lipinski definition) is 2. The predicted molar refractivity (Wildman–Crippen MR) is 86.3 cm³/mol. The average molecular weight is 280 g/mol. The fraction of sp³-hybridized carbons (Fsp3) is 0.211. The summed E-state index contributed by atoms with van der Waals surface area (Å²) in [6, 6.07) is 15.8. The summed E-state index contributed by atoms with van der Waals surface area (Å²) in [5.41, 5.74) is 4.31. The van der Waals surface area contributed by atoms with E-state index in [4.69, 9.17) is 4.74 Å². The number of benzene rings is 2. The Balaban J connectivity index is 1.99. The van der Waals surface area contributed by atoms with Crippen LogP contribution in [0.1, 0.15) is 34.0 Å². The highest BCUT2D eigenvalue weighted by atomic mass is 16.5. The highest BCUT2D eigenvalue weighted by Gasteiger charge is 2.04. The summed E-state index contributed by atoms with van der Waals surface area (Å²) in [6.45, 7) is 4.33. The number of ether oxygens (including phenoxy) is 1. The fourth-order valence-electron chi connectivity index (χ4n) is 2.11. The summed E-state index contributed by atoms with van der Waals surface area (Å²) >= 11 is 0. The first-order valence-electron chi connectivity index (χ1n) is 7.19. The molecule has 2 rings (SSSR count). The van der Waals surface area contributed by atoms with Crippen LogP contribution in [0.25, 0.3) is 6.08 Å². The molecular weight excluding hydrogens is 260 g/mol. The van der Waals surface area contributed by atoms with Crippen LogP contribution in [0.5, 0.6) is 0 Å². The molecule has 0 radical (unpaired) electrons. The van der Waals surface area contributed by atoms with Gasteiger partial charge in [-0.15, -0.1) is 0 Å². The lowest BCUT2D eigenvalue weighted by Crippen LogP contribution is -2.03. The monoisotopic (exact) mass is 280 g/mol. The molecule has 2 aromatic rings. The molecule has 0 unspecified atom stereocenters. The van der Waals surface area contributed by atoms with Crippen molar-refractivity contribution in [3.63, 3.8) is 0 Å². The number of carbonyl (C=O) groups excluding carboxylic acids is 1. The van der Waals surface area contributed by atoms with Crippen molar-refractivity contribution in [2.24, 2.45) is 0 Å². The van der Waals surface area contributed by atoms with Crippen molar-refractivity contribution in [1.82, 2.24) is 0 Å². The SMILES string of the molecule is CCOC(=O)c1ccc(/C=C/Cc2ccccc2C)cc1. The number of rotatable bonds is 5. The van der Waals surface area contributed by atoms with E-state index in [1.165, 1.54) is 11.1 Å². The van der Waals surface area contributed by atoms with Gasteiger partial charge in [0.15, 0.2) is 0 Å². The molecule has 0 aliphatic carbocycles. The summed E-state index contributed by atoms with van der Waals surface area (Å²) in [6.07, 6.45) is 5.12. The quantitative estimate of drug-likeness (QED) is 0.757. The van der Waals surface area contributed by atoms with Crippen LogP contribution in [-0.2, 0) is 11.2 Å². The van der Waals surface area contributed by atoms with E-state index >= 15 is 0 Å². The normalized spacial score (nSPS) is 10.8. The average Bonchev–Trinajstić information content (AvgIpc) is 2.50. The maximum absolute atomic E-state index is 11.6. The van der Waals surface area contributed by atoms with E-state index in [2.05, 4.69) is 43.3 Å². The maximum Gasteiger partial charge on any atom is 0.338 e. The van der Waals surface area contributed by atoms with Gasteiger partial charge in [-0.25, -0.2) is 4.79 Å². The number of esters is 1. The molecule has 0 aliphatic rings. The fourth-order valence-corrected chi connectivity index (χ4v) is 2.11. The second kappa shape index (κ2) is 7.44. The minimum absolute atomic E-state index is 0.270. The Hall–Kier alpha value is -2.35. The van der Waals surface area contributed by atoms with E-state index in [0.29, 0.717) is 12.2 Å². The van der Waals surface area contributed by atoms with Crippen molar-refractivity contribution in [1.29, 1.82) is 0 Å². The van der Waals surface area contributed by atoms with E-state index in [1.54, 1.807) is 19.1 Å². The zero-order valence-electron chi connectivity index (χ0n) is 12.5. The van der Waals surface area contributed by atoms with E-state index in [-0.39, 0.29) is 5.97 Å². The van der Waals surface area contributed by atoms with Crippen molar-refractivity contribution < 1.29 is 9.53 Å². The summed E-state index contributed by atoms with van der Waals surface area (Å²) in [5.74, 6) is -0.270. The molecule has 2 aromatic carbocycles. The van der Waals surface area contributed by atoms with Gasteiger partial charge >= 0.3 is 5.97 Å². The van der Waals surface area contributed by atoms with Gasteiger partial charge in [0.25, 0.3) is 0 Å². The number of aryl methyl sites for hydroxylation is 1. The van der Waals surface area contributed by atoms with Crippen molar-refractivity contribution in [2.45, 2.75) is 20.3 Å². The van der Waals surface area contributed by atoms with E-state index in [1.807, 2.05) is 12.1 Å². The third kappa shape index (κ3) is 4.32. The molecule has 0 spiro atoms. The largest absolute Gasteiger partial charge is 0.462 e. The van der Waals surface area contributed by atoms with Crippen molar-refractivity contribution in [3.05, 3.63) is 76.9 Å². The molecule has 0 aliphatic heterocycles. The lowest BCUT2D eigenvalue weighted by atomic mass is 10.0. The van der Waals surface area contributed by atoms with Crippen LogP contribution in [0.2, 0.25) is 0 Å². The molecule has 0 N–H and O–H groups in total. The highest BCUT2D eigenvalue weighted by molar-refractivity contribution is 5.89. The number of allylic oxidation sites excluding steroid dienone is 1. The summed E-state index contributed by atoms with van der Waals surface area (Å²) in [7, 11) is 0. The molecule has 0 saturated carbocycles. The second-order valence-corrected chi connectivity index (χ2v) is 4.88. The Morgan fingerprint density at radius 1 is 1.10 bits per heavy atom. The molecule has 21 heavy (non-hydrogen) atoms. The van der Waals surface area contributed by atoms with E-state index in [0.717, 1.165) is 12.0 Å². The standard InChI is InChI=1S/C19H20O2/c1-3-21-19(20)18-13-11-16(12-14-18)8-6-10-17-9-5-4-7-15(17)2/h4-9,11-14H,3,10H2,1-2H3/b8-6+. The van der Waals surface area contributed by atoms with Crippen LogP contribution in [0.15, 0.2) is 54.6 Å². The Bertz CT molecular complexity index is 624. The van der Waals surface area contributed by atoms with Gasteiger partial charge in [0.05, 0.1) is 12.2 Å². The number of carbonyl (C=O) groups is 1. The van der Waals surface area contributed by atoms with E-state index < -0.39 is 0 Å². The van der Waals surface area contributed by atoms with Crippen LogP contribution in [0.4, 0.5) is 0 Å². The molecule has 0 bridgehead atoms. The van der Waals surface area contributed by atoms with Crippen molar-refractivity contribution in [2.75, 3.05) is 6.61 Å². The van der Waals surface area contributed by atoms with Crippen LogP contribution < -0.4 is 0 Å². The Kier molecular flexibility index (Phi) is 5.33. The Morgan fingerprint density at radius 2 is 1.81 bits per heavy atom. The minimum Gasteiger partial charge on any atom is -0.462 e. The van der Waals surface area contributed by atoms with Gasteiger partial charge in [0, 0.05) is 0 Å². The smallest absolute Gasteiger partial charge is 0.338 e. The molecule has 2 nitrogen and oxygen atoms in total. The molecule has 0 saturated heterocycles. The molecule has 0 heterocycles. The highest BCUT2D eigenvalue weighted by Crippen LogP contribution is 2.11. The van der Waals surface area contributed by atoms with Gasteiger partial charge in [-0.3, -0.25) is 0 Å². The molecule has 108 valence electrons. The first-order chi connectivity index (χ1) is 10.2. The van der Waals surface area contributed by atoms with Gasteiger partial charge in [-0.2, -0.15) is 0 Å². The van der Waals surface area contributed by atoms with Crippen LogP contribution in [0, 0.1) is 6.92 Å². The Labute approximate surface area is 126 Å². The molecular formula is C19H20O2. The van der Waals surface area contributed by atoms with Crippen LogP contribution >= 0.6 is 0 Å². The first-order valence-corrected chi connectivity index (χ1v) is 7.19. The molecule has 2 heteroatoms. The molecule has 0 atom stereocenters. The van der Waals surface area contributed by atoms with Crippen molar-refractivity contribution in [3.8, 4) is 0 Å². The second-order valence-electron chi connectivity index (χ2n) is 4.88. The zero-order valence-corrected chi connectivity index (χ0v) is 12.5. The van der Waals surface area contributed by atoms with Gasteiger partial charge in [0.2, 0.25) is 0 Å². The predicted octanol–water partition coefficient (Wildman–Crippen LogP) is 4.43. The lowest BCUT2D eigenvalue weighted by Gasteiger charge is -2.02. The minimum atomic E-state index is -0.270. The topological polar surface area (TPSA) is 26.3 Å². The first kappa shape index (κ1) is 15.0. The summed E-state index contributed by atoms with van der Waals surface area (Å²) in [5, 5.41) is 0. The molecule has 0 fully saturated rings.